The Morgan fingerprint density at radius 1 is 1.33 bits per heavy atom. The molecule has 4 nitrogen and oxygen atoms in total. The van der Waals surface area contributed by atoms with Crippen LogP contribution in [0.5, 0.6) is 0 Å². The zero-order chi connectivity index (χ0) is 17.9. The first kappa shape index (κ1) is 18.2. The molecule has 2 rings (SSSR count). The number of ketones is 1. The third kappa shape index (κ3) is 3.35. The van der Waals surface area contributed by atoms with Gasteiger partial charge in [-0.1, -0.05) is 31.5 Å². The van der Waals surface area contributed by atoms with E-state index in [1.165, 1.54) is 11.0 Å². The Balaban J connectivity index is 2.36. The van der Waals surface area contributed by atoms with Crippen molar-refractivity contribution in [3.05, 3.63) is 41.4 Å². The molecule has 0 spiro atoms. The Morgan fingerprint density at radius 3 is 2.62 bits per heavy atom. The molecule has 0 N–H and O–H groups in total. The molecule has 0 aliphatic carbocycles. The van der Waals surface area contributed by atoms with Crippen LogP contribution in [0.1, 0.15) is 52.5 Å². The minimum Gasteiger partial charge on any atom is -0.477 e. The lowest BCUT2D eigenvalue weighted by Gasteiger charge is -2.40. The van der Waals surface area contributed by atoms with Crippen molar-refractivity contribution >= 4 is 17.3 Å². The van der Waals surface area contributed by atoms with Gasteiger partial charge in [-0.3, -0.25) is 14.5 Å². The van der Waals surface area contributed by atoms with Crippen LogP contribution in [-0.2, 0) is 14.3 Å². The van der Waals surface area contributed by atoms with Crippen LogP contribution in [0.3, 0.4) is 0 Å². The fraction of sp³-hybridized carbons (Fsp3) is 0.474. The maximum atomic E-state index is 14.1. The van der Waals surface area contributed by atoms with Crippen molar-refractivity contribution in [3.63, 3.8) is 0 Å². The lowest BCUT2D eigenvalue weighted by atomic mass is 9.91. The Kier molecular flexibility index (Phi) is 5.42. The highest BCUT2D eigenvalue weighted by Crippen LogP contribution is 2.32. The van der Waals surface area contributed by atoms with E-state index in [2.05, 4.69) is 0 Å². The first-order chi connectivity index (χ1) is 11.3. The Morgan fingerprint density at radius 2 is 2.00 bits per heavy atom. The van der Waals surface area contributed by atoms with Gasteiger partial charge < -0.3 is 4.74 Å². The molecule has 1 amide bonds. The number of carbonyl (C=O) groups excluding carboxylic acids is 2. The minimum absolute atomic E-state index is 0.00646. The van der Waals surface area contributed by atoms with E-state index in [0.717, 1.165) is 12.8 Å². The maximum absolute atomic E-state index is 14.1. The average Bonchev–Trinajstić information content (AvgIpc) is 2.54. The summed E-state index contributed by atoms with van der Waals surface area (Å²) in [5.41, 5.74) is -0.624. The monoisotopic (exact) mass is 333 g/mol. The first-order valence-electron chi connectivity index (χ1n) is 8.24. The smallest absolute Gasteiger partial charge is 0.261 e. The Hall–Kier alpha value is -2.17. The molecule has 0 radical (unpaired) electrons. The van der Waals surface area contributed by atoms with Crippen LogP contribution in [0.25, 0.3) is 5.57 Å². The van der Waals surface area contributed by atoms with Crippen molar-refractivity contribution in [1.82, 2.24) is 4.90 Å². The number of carbonyl (C=O) groups is 2. The van der Waals surface area contributed by atoms with Crippen molar-refractivity contribution in [2.75, 3.05) is 6.73 Å². The molecule has 0 atom stereocenters. The van der Waals surface area contributed by atoms with Crippen molar-refractivity contribution in [2.24, 2.45) is 0 Å². The molecule has 1 aliphatic rings. The summed E-state index contributed by atoms with van der Waals surface area (Å²) in [5, 5.41) is 0. The van der Waals surface area contributed by atoms with Crippen molar-refractivity contribution in [1.29, 1.82) is 0 Å². The second-order valence-electron chi connectivity index (χ2n) is 6.50. The van der Waals surface area contributed by atoms with E-state index in [4.69, 9.17) is 4.74 Å². The molecule has 0 unspecified atom stereocenters. The van der Waals surface area contributed by atoms with Crippen LogP contribution < -0.4 is 0 Å². The van der Waals surface area contributed by atoms with E-state index in [9.17, 15) is 14.0 Å². The predicted octanol–water partition coefficient (Wildman–Crippen LogP) is 3.91. The third-order valence-electron chi connectivity index (χ3n) is 4.48. The molecule has 130 valence electrons. The van der Waals surface area contributed by atoms with Crippen molar-refractivity contribution in [3.8, 4) is 0 Å². The number of hydrogen-bond donors (Lipinski definition) is 0. The van der Waals surface area contributed by atoms with Gasteiger partial charge in [0, 0.05) is 12.0 Å². The molecule has 0 saturated heterocycles. The zero-order valence-corrected chi connectivity index (χ0v) is 14.7. The number of rotatable bonds is 6. The molecular formula is C19H24FNO3. The normalized spacial score (nSPS) is 15.5. The van der Waals surface area contributed by atoms with Gasteiger partial charge in [0.1, 0.15) is 11.6 Å². The number of hydrogen-bond acceptors (Lipinski definition) is 3. The van der Waals surface area contributed by atoms with E-state index in [1.54, 1.807) is 39.0 Å². The maximum Gasteiger partial charge on any atom is 0.261 e. The molecule has 5 heteroatoms. The largest absolute Gasteiger partial charge is 0.477 e. The van der Waals surface area contributed by atoms with Crippen LogP contribution in [0.2, 0.25) is 0 Å². The lowest BCUT2D eigenvalue weighted by molar-refractivity contribution is -0.148. The second-order valence-corrected chi connectivity index (χ2v) is 6.50. The average molecular weight is 333 g/mol. The summed E-state index contributed by atoms with van der Waals surface area (Å²) >= 11 is 0. The molecule has 0 fully saturated rings. The number of Topliss-reactive ketones (excluding diaryl/α,β-unsaturated/α-hetero) is 1. The van der Waals surface area contributed by atoms with E-state index in [-0.39, 0.29) is 29.6 Å². The number of allylic oxidation sites excluding steroid dienone is 1. The van der Waals surface area contributed by atoms with Gasteiger partial charge in [-0.15, -0.1) is 0 Å². The SMILES string of the molecule is CCCCC(=O)C(C)(C)N1COC(C)=C(c2ccccc2F)C1=O. The van der Waals surface area contributed by atoms with Crippen LogP contribution >= 0.6 is 0 Å². The molecule has 24 heavy (non-hydrogen) atoms. The molecule has 1 aliphatic heterocycles. The van der Waals surface area contributed by atoms with E-state index < -0.39 is 11.4 Å². The number of ether oxygens (including phenoxy) is 1. The van der Waals surface area contributed by atoms with Gasteiger partial charge in [0.15, 0.2) is 12.5 Å². The fourth-order valence-corrected chi connectivity index (χ4v) is 2.76. The number of amides is 1. The van der Waals surface area contributed by atoms with E-state index in [1.807, 2.05) is 6.92 Å². The number of halogens is 1. The number of unbranched alkanes of at least 4 members (excludes halogenated alkanes) is 1. The van der Waals surface area contributed by atoms with Gasteiger partial charge in [0.2, 0.25) is 0 Å². The third-order valence-corrected chi connectivity index (χ3v) is 4.48. The summed E-state index contributed by atoms with van der Waals surface area (Å²) < 4.78 is 19.7. The van der Waals surface area contributed by atoms with Gasteiger partial charge in [0.25, 0.3) is 5.91 Å². The standard InChI is InChI=1S/C19H24FNO3/c1-5-6-11-16(22)19(3,4)21-12-24-13(2)17(18(21)23)14-9-7-8-10-15(14)20/h7-10H,5-6,11-12H2,1-4H3. The van der Waals surface area contributed by atoms with E-state index >= 15 is 0 Å². The highest BCUT2D eigenvalue weighted by molar-refractivity contribution is 6.21. The van der Waals surface area contributed by atoms with Crippen LogP contribution in [0.4, 0.5) is 4.39 Å². The summed E-state index contributed by atoms with van der Waals surface area (Å²) in [6, 6.07) is 6.09. The molecule has 0 bridgehead atoms. The van der Waals surface area contributed by atoms with Crippen LogP contribution in [0.15, 0.2) is 30.0 Å². The first-order valence-corrected chi connectivity index (χ1v) is 8.24. The van der Waals surface area contributed by atoms with Crippen LogP contribution in [0, 0.1) is 5.82 Å². The molecule has 1 aromatic carbocycles. The molecule has 1 aromatic rings. The van der Waals surface area contributed by atoms with Gasteiger partial charge in [-0.25, -0.2) is 4.39 Å². The Labute approximate surface area is 142 Å². The summed E-state index contributed by atoms with van der Waals surface area (Å²) in [6.45, 7) is 7.08. The topological polar surface area (TPSA) is 46.6 Å². The van der Waals surface area contributed by atoms with Gasteiger partial charge >= 0.3 is 0 Å². The second kappa shape index (κ2) is 7.16. The van der Waals surface area contributed by atoms with Crippen molar-refractivity contribution < 1.29 is 18.7 Å². The molecule has 0 saturated carbocycles. The minimum atomic E-state index is -0.997. The van der Waals surface area contributed by atoms with Gasteiger partial charge in [0.05, 0.1) is 11.1 Å². The summed E-state index contributed by atoms with van der Waals surface area (Å²) in [6.07, 6.45) is 2.09. The predicted molar refractivity (Wildman–Crippen MR) is 90.4 cm³/mol. The quantitative estimate of drug-likeness (QED) is 0.793. The summed E-state index contributed by atoms with van der Waals surface area (Å²) in [4.78, 5) is 26.9. The van der Waals surface area contributed by atoms with Gasteiger partial charge in [-0.2, -0.15) is 0 Å². The number of benzene rings is 1. The highest BCUT2D eigenvalue weighted by Gasteiger charge is 2.41. The van der Waals surface area contributed by atoms with Crippen LogP contribution in [-0.4, -0.2) is 28.9 Å². The fourth-order valence-electron chi connectivity index (χ4n) is 2.76. The molecular weight excluding hydrogens is 309 g/mol. The summed E-state index contributed by atoms with van der Waals surface area (Å²) in [7, 11) is 0. The highest BCUT2D eigenvalue weighted by atomic mass is 19.1. The van der Waals surface area contributed by atoms with E-state index in [0.29, 0.717) is 12.2 Å². The molecule has 0 aromatic heterocycles. The lowest BCUT2D eigenvalue weighted by Crippen LogP contribution is -2.55. The van der Waals surface area contributed by atoms with Gasteiger partial charge in [-0.05, 0) is 33.3 Å². The number of nitrogens with zero attached hydrogens (tertiary/aromatic N) is 1. The van der Waals surface area contributed by atoms with Crippen molar-refractivity contribution in [2.45, 2.75) is 52.5 Å². The Bertz CT molecular complexity index is 679. The molecule has 1 heterocycles. The summed E-state index contributed by atoms with van der Waals surface area (Å²) in [5.74, 6) is -0.508. The zero-order valence-electron chi connectivity index (χ0n) is 14.7.